The molecule has 158 valence electrons. The van der Waals surface area contributed by atoms with Gasteiger partial charge < -0.3 is 24.3 Å². The van der Waals surface area contributed by atoms with Crippen molar-refractivity contribution in [2.75, 3.05) is 25.5 Å². The fourth-order valence-electron chi connectivity index (χ4n) is 2.57. The van der Waals surface area contributed by atoms with Crippen LogP contribution >= 0.6 is 0 Å². The second-order valence-corrected chi connectivity index (χ2v) is 7.50. The topological polar surface area (TPSA) is 115 Å². The van der Waals surface area contributed by atoms with Crippen LogP contribution in [0.4, 0.5) is 0 Å². The van der Waals surface area contributed by atoms with Gasteiger partial charge in [-0.15, -0.1) is 0 Å². The normalized spacial score (nSPS) is 11.7. The summed E-state index contributed by atoms with van der Waals surface area (Å²) in [4.78, 5) is 22.8. The van der Waals surface area contributed by atoms with Crippen molar-refractivity contribution in [1.29, 1.82) is 0 Å². The lowest BCUT2D eigenvalue weighted by Crippen LogP contribution is -2.30. The minimum absolute atomic E-state index is 0.0166. The predicted octanol–water partition coefficient (Wildman–Crippen LogP) is 2.38. The van der Waals surface area contributed by atoms with E-state index >= 15 is 0 Å². The molecule has 8 nitrogen and oxygen atoms in total. The molecule has 0 fully saturated rings. The fourth-order valence-corrected chi connectivity index (χ4v) is 3.54. The van der Waals surface area contributed by atoms with Crippen LogP contribution in [0.3, 0.4) is 0 Å². The number of hydrogen-bond donors (Lipinski definition) is 2. The van der Waals surface area contributed by atoms with Gasteiger partial charge in [0.25, 0.3) is 0 Å². The van der Waals surface area contributed by atoms with Crippen LogP contribution in [-0.4, -0.2) is 46.7 Å². The van der Waals surface area contributed by atoms with Crippen LogP contribution in [0.2, 0.25) is 0 Å². The molecule has 1 amide bonds. The second kappa shape index (κ2) is 11.3. The number of benzene rings is 1. The molecule has 0 bridgehead atoms. The summed E-state index contributed by atoms with van der Waals surface area (Å²) in [6.45, 7) is 5.26. The highest BCUT2D eigenvalue weighted by Gasteiger charge is 2.14. The van der Waals surface area contributed by atoms with Gasteiger partial charge in [-0.1, -0.05) is 6.07 Å². The number of aromatic carboxylic acids is 1. The number of nitrogens with one attached hydrogen (secondary N) is 1. The third-order valence-corrected chi connectivity index (χ3v) is 5.00. The average molecular weight is 423 g/mol. The van der Waals surface area contributed by atoms with Crippen LogP contribution in [-0.2, 0) is 27.8 Å². The maximum atomic E-state index is 12.1. The van der Waals surface area contributed by atoms with E-state index in [9.17, 15) is 13.8 Å². The molecular weight excluding hydrogens is 398 g/mol. The lowest BCUT2D eigenvalue weighted by molar-refractivity contribution is -0.118. The van der Waals surface area contributed by atoms with Gasteiger partial charge in [0.15, 0.2) is 11.5 Å². The Balaban J connectivity index is 1.79. The van der Waals surface area contributed by atoms with Crippen molar-refractivity contribution in [2.45, 2.75) is 26.0 Å². The van der Waals surface area contributed by atoms with E-state index in [4.69, 9.17) is 19.0 Å². The van der Waals surface area contributed by atoms with E-state index in [2.05, 4.69) is 5.32 Å². The molecule has 0 aliphatic rings. The minimum Gasteiger partial charge on any atom is -0.490 e. The van der Waals surface area contributed by atoms with Crippen molar-refractivity contribution in [3.8, 4) is 11.5 Å². The maximum absolute atomic E-state index is 12.1. The lowest BCUT2D eigenvalue weighted by atomic mass is 10.1. The Kier molecular flexibility index (Phi) is 8.72. The molecule has 1 aromatic heterocycles. The predicted molar refractivity (Wildman–Crippen MR) is 108 cm³/mol. The zero-order valence-corrected chi connectivity index (χ0v) is 17.3. The van der Waals surface area contributed by atoms with Crippen molar-refractivity contribution in [3.05, 3.63) is 47.4 Å². The largest absolute Gasteiger partial charge is 0.490 e. The van der Waals surface area contributed by atoms with Crippen molar-refractivity contribution in [2.24, 2.45) is 0 Å². The fraction of sp³-hybridized carbons (Fsp3) is 0.400. The molecule has 0 radical (unpaired) electrons. The molecule has 2 rings (SSSR count). The number of hydrogen-bond acceptors (Lipinski definition) is 6. The molecule has 0 saturated heterocycles. The van der Waals surface area contributed by atoms with Gasteiger partial charge in [0.05, 0.1) is 19.0 Å². The summed E-state index contributed by atoms with van der Waals surface area (Å²) in [6.07, 6.45) is 0.588. The molecule has 2 aromatic rings. The average Bonchev–Trinajstić information content (AvgIpc) is 3.12. The molecule has 0 saturated carbocycles. The number of amides is 1. The van der Waals surface area contributed by atoms with E-state index in [1.165, 1.54) is 12.1 Å². The summed E-state index contributed by atoms with van der Waals surface area (Å²) in [5, 5.41) is 11.5. The van der Waals surface area contributed by atoms with Crippen molar-refractivity contribution in [3.63, 3.8) is 0 Å². The Morgan fingerprint density at radius 3 is 2.48 bits per heavy atom. The first-order chi connectivity index (χ1) is 13.9. The van der Waals surface area contributed by atoms with Gasteiger partial charge in [-0.2, -0.15) is 0 Å². The summed E-state index contributed by atoms with van der Waals surface area (Å²) >= 11 is 0. The van der Waals surface area contributed by atoms with Crippen LogP contribution in [0, 0.1) is 0 Å². The quantitative estimate of drug-likeness (QED) is 0.538. The number of carboxylic acids is 1. The van der Waals surface area contributed by atoms with Crippen molar-refractivity contribution >= 4 is 22.7 Å². The van der Waals surface area contributed by atoms with E-state index in [1.807, 2.05) is 32.0 Å². The van der Waals surface area contributed by atoms with Crippen LogP contribution in [0.1, 0.15) is 35.7 Å². The Labute approximate surface area is 171 Å². The highest BCUT2D eigenvalue weighted by atomic mass is 32.2. The standard InChI is InChI=1S/C20H25NO7S/c1-3-26-16-7-5-14(11-18(16)27-4-2)9-10-21-19(22)13-29(25)12-15-6-8-17(28-15)20(23)24/h5-8,11H,3-4,9-10,12-13H2,1-2H3,(H,21,22)(H,23,24). The molecule has 29 heavy (non-hydrogen) atoms. The zero-order chi connectivity index (χ0) is 21.2. The van der Waals surface area contributed by atoms with E-state index < -0.39 is 16.8 Å². The summed E-state index contributed by atoms with van der Waals surface area (Å²) in [6, 6.07) is 8.38. The van der Waals surface area contributed by atoms with Crippen LogP contribution < -0.4 is 14.8 Å². The smallest absolute Gasteiger partial charge is 0.371 e. The summed E-state index contributed by atoms with van der Waals surface area (Å²) in [7, 11) is -1.50. The number of rotatable bonds is 12. The van der Waals surface area contributed by atoms with Crippen molar-refractivity contribution in [1.82, 2.24) is 5.32 Å². The van der Waals surface area contributed by atoms with Gasteiger partial charge in [0.2, 0.25) is 11.7 Å². The van der Waals surface area contributed by atoms with Gasteiger partial charge in [-0.05, 0) is 50.1 Å². The molecule has 1 unspecified atom stereocenters. The first-order valence-electron chi connectivity index (χ1n) is 9.25. The summed E-state index contributed by atoms with van der Waals surface area (Å²) in [5.41, 5.74) is 0.982. The molecule has 0 aliphatic carbocycles. The number of carboxylic acid groups (broad SMARTS) is 1. The van der Waals surface area contributed by atoms with E-state index in [0.29, 0.717) is 37.7 Å². The van der Waals surface area contributed by atoms with Gasteiger partial charge >= 0.3 is 5.97 Å². The molecule has 9 heteroatoms. The Morgan fingerprint density at radius 2 is 1.83 bits per heavy atom. The van der Waals surface area contributed by atoms with Crippen molar-refractivity contribution < 1.29 is 32.8 Å². The maximum Gasteiger partial charge on any atom is 0.371 e. The molecule has 1 aromatic carbocycles. The van der Waals surface area contributed by atoms with Gasteiger partial charge in [0, 0.05) is 17.3 Å². The second-order valence-electron chi connectivity index (χ2n) is 6.05. The minimum atomic E-state index is -1.50. The van der Waals surface area contributed by atoms with E-state index in [-0.39, 0.29) is 28.9 Å². The number of furan rings is 1. The van der Waals surface area contributed by atoms with Gasteiger partial charge in [0.1, 0.15) is 11.5 Å². The highest BCUT2D eigenvalue weighted by Crippen LogP contribution is 2.28. The van der Waals surface area contributed by atoms with Crippen LogP contribution in [0.5, 0.6) is 11.5 Å². The highest BCUT2D eigenvalue weighted by molar-refractivity contribution is 7.84. The zero-order valence-electron chi connectivity index (χ0n) is 16.4. The van der Waals surface area contributed by atoms with Gasteiger partial charge in [-0.25, -0.2) is 4.79 Å². The number of ether oxygens (including phenoxy) is 2. The molecule has 0 spiro atoms. The Hall–Kier alpha value is -2.81. The first-order valence-corrected chi connectivity index (χ1v) is 10.7. The molecule has 2 N–H and O–H groups in total. The Morgan fingerprint density at radius 1 is 1.10 bits per heavy atom. The number of carbonyl (C=O) groups excluding carboxylic acids is 1. The third kappa shape index (κ3) is 7.26. The van der Waals surface area contributed by atoms with Crippen LogP contribution in [0.15, 0.2) is 34.7 Å². The van der Waals surface area contributed by atoms with E-state index in [0.717, 1.165) is 5.56 Å². The van der Waals surface area contributed by atoms with Gasteiger partial charge in [-0.3, -0.25) is 9.00 Å². The van der Waals surface area contributed by atoms with E-state index in [1.54, 1.807) is 0 Å². The number of carbonyl (C=O) groups is 2. The molecule has 0 aliphatic heterocycles. The Bertz CT molecular complexity index is 862. The monoisotopic (exact) mass is 423 g/mol. The summed E-state index contributed by atoms with van der Waals surface area (Å²) in [5.74, 6) is -0.339. The summed E-state index contributed by atoms with van der Waals surface area (Å²) < 4.78 is 28.2. The van der Waals surface area contributed by atoms with Crippen LogP contribution in [0.25, 0.3) is 0 Å². The molecular formula is C20H25NO7S. The molecule has 1 atom stereocenters. The third-order valence-electron chi connectivity index (χ3n) is 3.81. The SMILES string of the molecule is CCOc1ccc(CCNC(=O)CS(=O)Cc2ccc(C(=O)O)o2)cc1OCC. The lowest BCUT2D eigenvalue weighted by Gasteiger charge is -2.12. The first kappa shape index (κ1) is 22.5. The molecule has 1 heterocycles.